The fraction of sp³-hybridized carbons (Fsp3) is 0.267. The van der Waals surface area contributed by atoms with Gasteiger partial charge in [-0.15, -0.1) is 0 Å². The van der Waals surface area contributed by atoms with E-state index in [1.165, 1.54) is 204 Å². The molecule has 0 fully saturated rings. The number of hydrogen-bond donors (Lipinski definition) is 0. The van der Waals surface area contributed by atoms with Gasteiger partial charge in [0, 0.05) is 27.8 Å². The van der Waals surface area contributed by atoms with Gasteiger partial charge in [0.15, 0.2) is 0 Å². The zero-order valence-corrected chi connectivity index (χ0v) is 91.4. The fourth-order valence-electron chi connectivity index (χ4n) is 11.7. The number of halogens is 16. The monoisotopic (exact) mass is 2050 g/mol. The van der Waals surface area contributed by atoms with Gasteiger partial charge in [-0.3, -0.25) is 0 Å². The summed E-state index contributed by atoms with van der Waals surface area (Å²) in [4.78, 5) is 0. The minimum absolute atomic E-state index is 0. The summed E-state index contributed by atoms with van der Waals surface area (Å²) in [6.07, 6.45) is 0. The molecule has 16 heteroatoms. The third-order valence-corrected chi connectivity index (χ3v) is 22.0. The Balaban J connectivity index is 0. The van der Waals surface area contributed by atoms with Crippen LogP contribution in [0.15, 0.2) is 285 Å². The van der Waals surface area contributed by atoms with Crippen molar-refractivity contribution in [2.45, 2.75) is 243 Å². The highest BCUT2D eigenvalue weighted by Crippen LogP contribution is 2.22. The molecule has 16 rings (SSSR count). The van der Waals surface area contributed by atoms with Gasteiger partial charge in [0.25, 0.3) is 0 Å². The van der Waals surface area contributed by atoms with Crippen LogP contribution in [0, 0.1) is 316 Å². The second-order valence-electron chi connectivity index (χ2n) is 36.5. The largest absolute Gasteiger partial charge is 0.207 e. The summed E-state index contributed by atoms with van der Waals surface area (Å²) in [5.41, 5.74) is 30.0. The minimum atomic E-state index is -0.475. The molecule has 16 aromatic carbocycles. The van der Waals surface area contributed by atoms with E-state index in [4.69, 9.17) is 11.6 Å². The first kappa shape index (κ1) is 136. The number of hydrogen-bond acceptors (Lipinski definition) is 0. The van der Waals surface area contributed by atoms with E-state index in [2.05, 4.69) is 230 Å². The van der Waals surface area contributed by atoms with E-state index < -0.39 is 58.2 Å². The van der Waals surface area contributed by atoms with E-state index in [0.717, 1.165) is 27.8 Å². The maximum absolute atomic E-state index is 12.6. The molecule has 0 unspecified atom stereocenters. The molecule has 0 spiro atoms. The Bertz CT molecular complexity index is 5380. The molecule has 0 atom stereocenters. The molecule has 0 aliphatic rings. The van der Waals surface area contributed by atoms with E-state index in [9.17, 15) is 65.9 Å². The third-order valence-electron chi connectivity index (χ3n) is 21.7. The maximum Gasteiger partial charge on any atom is 0.142 e. The zero-order valence-electron chi connectivity index (χ0n) is 90.7. The molecule has 0 aromatic heterocycles. The van der Waals surface area contributed by atoms with Crippen molar-refractivity contribution < 1.29 is 65.9 Å². The first-order valence-corrected chi connectivity index (χ1v) is 47.6. The quantitative estimate of drug-likeness (QED) is 0.133. The summed E-state index contributed by atoms with van der Waals surface area (Å²) in [5.74, 6) is -5.56. The normalized spacial score (nSPS) is 9.56. The molecule has 0 bridgehead atoms. The summed E-state index contributed by atoms with van der Waals surface area (Å²) in [6, 6.07) is 85.6. The molecule has 0 radical (unpaired) electrons. The molecule has 147 heavy (non-hydrogen) atoms. The van der Waals surface area contributed by atoms with Crippen LogP contribution < -0.4 is 0 Å². The predicted molar refractivity (Wildman–Crippen MR) is 597 cm³/mol. The SMILES string of the molecule is C.C.Cc1cc(C)c(C)c(C)c1.Cc1cc(F)c(C)c(F)c1.Cc1cc(F)c(C)c(F)c1.Cc1cc(F)c(C)c(F)c1.Cc1cc(F)c(C)c(F)c1.Cc1cc(F)c(C)c(F)c1.Cc1ccc(C)c(F)c1.Cc1ccc(C)c(F)c1.Cc1ccc(C)c(F)c1.Cc1ccc(C)c(F)c1.Cc1ccc(C)cc1.Cc1ccc(C)cc1.Cc1ccc(C)cc1.Cc1ccc(C)cc1.Cc1ccc(C)cc1.Cc1ccc(Cl)c(F)c1. The summed E-state index contributed by atoms with van der Waals surface area (Å²) < 4.78 is 189. The van der Waals surface area contributed by atoms with Crippen LogP contribution in [0.5, 0.6) is 0 Å². The number of benzene rings is 16. The molecule has 16 aromatic rings. The van der Waals surface area contributed by atoms with Crippen LogP contribution >= 0.6 is 11.6 Å². The standard InChI is InChI=1S/C10H14.5C8H8F2.4C8H9F.5C8H10.C7H6ClF.2CH4/c1-7-5-8(2)10(4)9(3)6-7;5*1-5-3-7(9)6(2)8(10)4-5;4*1-6-3-4-7(2)8(9)5-6;5*1-7-3-5-8(2)6-4-7;1-5-2-3-6(8)7(9)4-5;;/h5-6H,1-4H3;5*3-4H,1-2H3;4*3-5H,1-2H3;5*3-6H,1-2H3;2-4H,1H3;2*1H4. The molecular weight excluding hydrogens is 1890 g/mol. The van der Waals surface area contributed by atoms with Gasteiger partial charge in [0.05, 0.1) is 5.02 Å². The van der Waals surface area contributed by atoms with Gasteiger partial charge >= 0.3 is 0 Å². The topological polar surface area (TPSA) is 0 Å². The van der Waals surface area contributed by atoms with Crippen molar-refractivity contribution in [1.82, 2.24) is 0 Å². The van der Waals surface area contributed by atoms with Crippen molar-refractivity contribution in [2.75, 3.05) is 0 Å². The summed E-state index contributed by atoms with van der Waals surface area (Å²) >= 11 is 5.41. The lowest BCUT2D eigenvalue weighted by Crippen LogP contribution is -1.89. The first-order valence-electron chi connectivity index (χ1n) is 47.2. The smallest absolute Gasteiger partial charge is 0.142 e. The highest BCUT2D eigenvalue weighted by molar-refractivity contribution is 6.30. The van der Waals surface area contributed by atoms with Gasteiger partial charge in [-0.05, 0) is 420 Å². The van der Waals surface area contributed by atoms with Crippen LogP contribution in [0.1, 0.15) is 198 Å². The average molecular weight is 2050 g/mol. The van der Waals surface area contributed by atoms with Gasteiger partial charge in [-0.25, -0.2) is 65.9 Å². The van der Waals surface area contributed by atoms with Crippen LogP contribution in [0.3, 0.4) is 0 Å². The Kier molecular flexibility index (Phi) is 65.2. The summed E-state index contributed by atoms with van der Waals surface area (Å²) in [5, 5.41) is 0.181. The van der Waals surface area contributed by atoms with E-state index in [0.29, 0.717) is 50.1 Å². The number of aryl methyl sites for hydroxylation is 27. The second kappa shape index (κ2) is 70.5. The minimum Gasteiger partial charge on any atom is -0.207 e. The van der Waals surface area contributed by atoms with Gasteiger partial charge in [0.2, 0.25) is 0 Å². The lowest BCUT2D eigenvalue weighted by atomic mass is 10.0. The van der Waals surface area contributed by atoms with E-state index in [-0.39, 0.29) is 76.8 Å². The van der Waals surface area contributed by atoms with Gasteiger partial charge in [0.1, 0.15) is 87.3 Å². The van der Waals surface area contributed by atoms with Crippen molar-refractivity contribution in [1.29, 1.82) is 0 Å². The predicted octanol–water partition coefficient (Wildman–Crippen LogP) is 41.2. The molecule has 0 amide bonds. The molecule has 0 aliphatic heterocycles. The Morgan fingerprint density at radius 2 is 0.218 bits per heavy atom. The molecule has 0 saturated heterocycles. The fourth-order valence-corrected chi connectivity index (χ4v) is 11.8. The van der Waals surface area contributed by atoms with Crippen molar-refractivity contribution in [3.63, 3.8) is 0 Å². The van der Waals surface area contributed by atoms with Crippen molar-refractivity contribution >= 4 is 11.6 Å². The van der Waals surface area contributed by atoms with Gasteiger partial charge < -0.3 is 0 Å². The summed E-state index contributed by atoms with van der Waals surface area (Å²) in [7, 11) is 0. The third kappa shape index (κ3) is 58.0. The number of rotatable bonds is 0. The Morgan fingerprint density at radius 1 is 0.109 bits per heavy atom. The van der Waals surface area contributed by atoms with Crippen molar-refractivity contribution in [3.05, 3.63) is 561 Å². The Labute approximate surface area is 876 Å². The Hall–Kier alpha value is -13.2. The van der Waals surface area contributed by atoms with E-state index >= 15 is 0 Å². The van der Waals surface area contributed by atoms with Crippen LogP contribution in [0.2, 0.25) is 5.02 Å². The molecular formula is C131H154ClF15. The lowest BCUT2D eigenvalue weighted by Gasteiger charge is -2.04. The molecule has 0 nitrogen and oxygen atoms in total. The molecule has 790 valence electrons. The van der Waals surface area contributed by atoms with E-state index in [1.807, 2.05) is 58.9 Å². The van der Waals surface area contributed by atoms with Crippen molar-refractivity contribution in [3.8, 4) is 0 Å². The van der Waals surface area contributed by atoms with Crippen molar-refractivity contribution in [2.24, 2.45) is 0 Å². The first-order chi connectivity index (χ1) is 67.6. The zero-order chi connectivity index (χ0) is 111. The summed E-state index contributed by atoms with van der Waals surface area (Å²) in [6.45, 7) is 61.4. The highest BCUT2D eigenvalue weighted by atomic mass is 35.5. The van der Waals surface area contributed by atoms with Crippen LogP contribution in [0.25, 0.3) is 0 Å². The van der Waals surface area contributed by atoms with Gasteiger partial charge in [-0.2, -0.15) is 0 Å². The Morgan fingerprint density at radius 3 is 0.333 bits per heavy atom. The average Bonchev–Trinajstić information content (AvgIpc) is 0.875. The lowest BCUT2D eigenvalue weighted by molar-refractivity contribution is 0.565. The van der Waals surface area contributed by atoms with Gasteiger partial charge in [-0.1, -0.05) is 276 Å². The molecule has 0 aliphatic carbocycles. The van der Waals surface area contributed by atoms with Crippen LogP contribution in [0.4, 0.5) is 65.9 Å². The van der Waals surface area contributed by atoms with E-state index in [1.54, 1.807) is 98.7 Å². The molecule has 0 heterocycles. The van der Waals surface area contributed by atoms with Crippen LogP contribution in [-0.4, -0.2) is 0 Å². The molecule has 0 saturated carbocycles. The molecule has 0 N–H and O–H groups in total. The maximum atomic E-state index is 12.6. The highest BCUT2D eigenvalue weighted by Gasteiger charge is 2.09. The van der Waals surface area contributed by atoms with Crippen LogP contribution in [-0.2, 0) is 0 Å². The second-order valence-corrected chi connectivity index (χ2v) is 36.9.